The van der Waals surface area contributed by atoms with Gasteiger partial charge in [-0.3, -0.25) is 4.99 Å². The van der Waals surface area contributed by atoms with Gasteiger partial charge in [0.15, 0.2) is 0 Å². The van der Waals surface area contributed by atoms with Crippen LogP contribution in [0.15, 0.2) is 83.9 Å². The van der Waals surface area contributed by atoms with Crippen molar-refractivity contribution in [1.29, 1.82) is 0 Å². The highest BCUT2D eigenvalue weighted by molar-refractivity contribution is 6.31. The molecule has 0 amide bonds. The molecule has 3 aromatic carbocycles. The van der Waals surface area contributed by atoms with E-state index in [4.69, 9.17) is 21.3 Å². The standard InChI is InChI=1S/C24H21ClN2O2/c1-27-16-20(29-24(28)18-10-6-3-7-11-18)15-26-23(17-8-4-2-5-9-17)21-14-19(25)12-13-22(21)27/h2-14,20H,15-16H2,1H3. The normalized spacial score (nSPS) is 16.3. The Morgan fingerprint density at radius 1 is 1.03 bits per heavy atom. The summed E-state index contributed by atoms with van der Waals surface area (Å²) in [5.74, 6) is -0.336. The van der Waals surface area contributed by atoms with Crippen molar-refractivity contribution in [3.8, 4) is 0 Å². The van der Waals surface area contributed by atoms with Gasteiger partial charge >= 0.3 is 5.97 Å². The lowest BCUT2D eigenvalue weighted by Crippen LogP contribution is -2.37. The number of hydrogen-bond acceptors (Lipinski definition) is 4. The van der Waals surface area contributed by atoms with Gasteiger partial charge in [-0.15, -0.1) is 0 Å². The van der Waals surface area contributed by atoms with Crippen molar-refractivity contribution in [3.05, 3.63) is 101 Å². The third kappa shape index (κ3) is 4.33. The second-order valence-electron chi connectivity index (χ2n) is 6.99. The zero-order chi connectivity index (χ0) is 20.2. The molecule has 4 rings (SSSR count). The Morgan fingerprint density at radius 2 is 1.72 bits per heavy atom. The van der Waals surface area contributed by atoms with E-state index in [1.807, 2.05) is 73.8 Å². The van der Waals surface area contributed by atoms with E-state index in [1.54, 1.807) is 12.1 Å². The van der Waals surface area contributed by atoms with Crippen molar-refractivity contribution in [2.75, 3.05) is 25.0 Å². The fourth-order valence-electron chi connectivity index (χ4n) is 3.48. The zero-order valence-electron chi connectivity index (χ0n) is 16.1. The molecular formula is C24H21ClN2O2. The molecule has 0 aliphatic carbocycles. The van der Waals surface area contributed by atoms with Gasteiger partial charge in [0, 0.05) is 28.9 Å². The maximum absolute atomic E-state index is 12.6. The van der Waals surface area contributed by atoms with Crippen LogP contribution in [0.5, 0.6) is 0 Å². The van der Waals surface area contributed by atoms with Crippen LogP contribution < -0.4 is 4.90 Å². The molecule has 3 aromatic rings. The van der Waals surface area contributed by atoms with Crippen LogP contribution >= 0.6 is 11.6 Å². The Balaban J connectivity index is 1.69. The highest BCUT2D eigenvalue weighted by atomic mass is 35.5. The van der Waals surface area contributed by atoms with Crippen LogP contribution in [0, 0.1) is 0 Å². The number of hydrogen-bond donors (Lipinski definition) is 0. The monoisotopic (exact) mass is 404 g/mol. The number of rotatable bonds is 3. The van der Waals surface area contributed by atoms with Gasteiger partial charge in [-0.25, -0.2) is 4.79 Å². The van der Waals surface area contributed by atoms with Gasteiger partial charge in [-0.05, 0) is 30.3 Å². The van der Waals surface area contributed by atoms with Crippen LogP contribution in [-0.4, -0.2) is 37.9 Å². The van der Waals surface area contributed by atoms with Gasteiger partial charge in [-0.1, -0.05) is 60.1 Å². The first-order valence-corrected chi connectivity index (χ1v) is 9.86. The predicted molar refractivity (Wildman–Crippen MR) is 117 cm³/mol. The molecule has 1 heterocycles. The quantitative estimate of drug-likeness (QED) is 0.586. The first-order valence-electron chi connectivity index (χ1n) is 9.49. The number of fused-ring (bicyclic) bond motifs is 1. The van der Waals surface area contributed by atoms with Crippen LogP contribution in [0.4, 0.5) is 5.69 Å². The van der Waals surface area contributed by atoms with Crippen molar-refractivity contribution >= 4 is 29.0 Å². The van der Waals surface area contributed by atoms with Gasteiger partial charge in [0.1, 0.15) is 6.10 Å². The average molecular weight is 405 g/mol. The van der Waals surface area contributed by atoms with Gasteiger partial charge in [0.25, 0.3) is 0 Å². The third-order valence-electron chi connectivity index (χ3n) is 4.89. The summed E-state index contributed by atoms with van der Waals surface area (Å²) in [6.07, 6.45) is -0.366. The van der Waals surface area contributed by atoms with Crippen molar-refractivity contribution in [2.45, 2.75) is 6.10 Å². The van der Waals surface area contributed by atoms with E-state index in [2.05, 4.69) is 4.90 Å². The number of esters is 1. The molecule has 1 atom stereocenters. The van der Waals surface area contributed by atoms with Crippen molar-refractivity contribution in [3.63, 3.8) is 0 Å². The summed E-state index contributed by atoms with van der Waals surface area (Å²) in [6, 6.07) is 24.8. The number of anilines is 1. The Morgan fingerprint density at radius 3 is 2.45 bits per heavy atom. The Bertz CT molecular complexity index is 1040. The minimum Gasteiger partial charge on any atom is -0.455 e. The van der Waals surface area contributed by atoms with E-state index < -0.39 is 0 Å². The summed E-state index contributed by atoms with van der Waals surface area (Å²) in [4.78, 5) is 19.5. The average Bonchev–Trinajstić information content (AvgIpc) is 2.74. The minimum atomic E-state index is -0.366. The predicted octanol–water partition coefficient (Wildman–Crippen LogP) is 4.85. The molecule has 0 radical (unpaired) electrons. The van der Waals surface area contributed by atoms with Crippen LogP contribution in [0.1, 0.15) is 21.5 Å². The van der Waals surface area contributed by atoms with Gasteiger partial charge in [0.2, 0.25) is 0 Å². The number of carbonyl (C=O) groups excluding carboxylic acids is 1. The van der Waals surface area contributed by atoms with Crippen molar-refractivity contribution < 1.29 is 9.53 Å². The van der Waals surface area contributed by atoms with Crippen LogP contribution in [0.2, 0.25) is 5.02 Å². The maximum Gasteiger partial charge on any atom is 0.338 e. The molecule has 1 aliphatic heterocycles. The minimum absolute atomic E-state index is 0.336. The summed E-state index contributed by atoms with van der Waals surface area (Å²) in [5.41, 5.74) is 4.35. The largest absolute Gasteiger partial charge is 0.455 e. The maximum atomic E-state index is 12.6. The highest BCUT2D eigenvalue weighted by Gasteiger charge is 2.24. The molecule has 0 saturated carbocycles. The lowest BCUT2D eigenvalue weighted by molar-refractivity contribution is 0.0337. The fourth-order valence-corrected chi connectivity index (χ4v) is 3.65. The molecule has 146 valence electrons. The molecular weight excluding hydrogens is 384 g/mol. The summed E-state index contributed by atoms with van der Waals surface area (Å²) in [6.45, 7) is 0.915. The Hall–Kier alpha value is -3.11. The molecule has 0 N–H and O–H groups in total. The molecule has 5 heteroatoms. The number of likely N-dealkylation sites (N-methyl/N-ethyl adjacent to an activating group) is 1. The Kier molecular flexibility index (Phi) is 5.63. The smallest absolute Gasteiger partial charge is 0.338 e. The molecule has 0 fully saturated rings. The van der Waals surface area contributed by atoms with E-state index in [0.717, 1.165) is 22.5 Å². The molecule has 1 aliphatic rings. The highest BCUT2D eigenvalue weighted by Crippen LogP contribution is 2.28. The molecule has 29 heavy (non-hydrogen) atoms. The second-order valence-corrected chi connectivity index (χ2v) is 7.43. The molecule has 1 unspecified atom stereocenters. The lowest BCUT2D eigenvalue weighted by Gasteiger charge is -2.30. The van der Waals surface area contributed by atoms with E-state index in [0.29, 0.717) is 23.7 Å². The fraction of sp³-hybridized carbons (Fsp3) is 0.167. The number of aliphatic imine (C=N–C) groups is 1. The summed E-state index contributed by atoms with van der Waals surface area (Å²) in [5, 5.41) is 0.661. The Labute approximate surface area is 175 Å². The molecule has 0 saturated heterocycles. The van der Waals surface area contributed by atoms with Crippen LogP contribution in [0.25, 0.3) is 0 Å². The first kappa shape index (κ1) is 19.2. The van der Waals surface area contributed by atoms with Crippen molar-refractivity contribution in [1.82, 2.24) is 0 Å². The number of halogens is 1. The molecule has 0 aromatic heterocycles. The van der Waals surface area contributed by atoms with Gasteiger partial charge in [0.05, 0.1) is 24.4 Å². The van der Waals surface area contributed by atoms with Gasteiger partial charge in [-0.2, -0.15) is 0 Å². The number of carbonyl (C=O) groups is 1. The van der Waals surface area contributed by atoms with E-state index in [1.165, 1.54) is 0 Å². The first-order chi connectivity index (χ1) is 14.1. The SMILES string of the molecule is CN1CC(OC(=O)c2ccccc2)CN=C(c2ccccc2)c2cc(Cl)ccc21. The van der Waals surface area contributed by atoms with Crippen molar-refractivity contribution in [2.24, 2.45) is 4.99 Å². The van der Waals surface area contributed by atoms with Gasteiger partial charge < -0.3 is 9.64 Å². The molecule has 0 bridgehead atoms. The third-order valence-corrected chi connectivity index (χ3v) is 5.12. The summed E-state index contributed by atoms with van der Waals surface area (Å²) in [7, 11) is 1.99. The summed E-state index contributed by atoms with van der Waals surface area (Å²) < 4.78 is 5.79. The second kappa shape index (κ2) is 8.50. The summed E-state index contributed by atoms with van der Waals surface area (Å²) >= 11 is 6.29. The van der Waals surface area contributed by atoms with E-state index >= 15 is 0 Å². The lowest BCUT2D eigenvalue weighted by atomic mass is 9.99. The molecule has 4 nitrogen and oxygen atoms in total. The number of nitrogens with zero attached hydrogens (tertiary/aromatic N) is 2. The van der Waals surface area contributed by atoms with E-state index in [9.17, 15) is 4.79 Å². The van der Waals surface area contributed by atoms with E-state index in [-0.39, 0.29) is 12.1 Å². The topological polar surface area (TPSA) is 41.9 Å². The zero-order valence-corrected chi connectivity index (χ0v) is 16.8. The molecule has 0 spiro atoms. The van der Waals surface area contributed by atoms with Crippen LogP contribution in [0.3, 0.4) is 0 Å². The number of ether oxygens (including phenoxy) is 1. The number of benzene rings is 3. The van der Waals surface area contributed by atoms with Crippen LogP contribution in [-0.2, 0) is 4.74 Å².